The molecule has 0 saturated carbocycles. The second kappa shape index (κ2) is 10.2. The molecular formula is C22H25FN4O5. The molecule has 0 aliphatic carbocycles. The topological polar surface area (TPSA) is 101 Å². The standard InChI is InChI=1S/C22H25FN4O5/c1-14(28)25-10-18-11-27(22(30)32-18)17-4-5-19(20(23)9-17)15-6-7-24-16(8-15)13-31-21(29)12-26(2)3/h4-9,18H,10-13H2,1-3H3,(H,25,28)/t18-/m0/s1. The lowest BCUT2D eigenvalue weighted by Gasteiger charge is -2.15. The fourth-order valence-electron chi connectivity index (χ4n) is 3.19. The molecule has 2 amide bonds. The van der Waals surface area contributed by atoms with Gasteiger partial charge >= 0.3 is 12.1 Å². The summed E-state index contributed by atoms with van der Waals surface area (Å²) in [4.78, 5) is 42.1. The van der Waals surface area contributed by atoms with E-state index in [4.69, 9.17) is 9.47 Å². The number of pyridine rings is 1. The Bertz CT molecular complexity index is 1010. The number of cyclic esters (lactones) is 1. The van der Waals surface area contributed by atoms with Gasteiger partial charge in [-0.15, -0.1) is 0 Å². The van der Waals surface area contributed by atoms with E-state index < -0.39 is 18.0 Å². The molecule has 2 aromatic rings. The van der Waals surface area contributed by atoms with E-state index >= 15 is 0 Å². The van der Waals surface area contributed by atoms with E-state index in [-0.39, 0.29) is 38.1 Å². The molecule has 170 valence electrons. The highest BCUT2D eigenvalue weighted by Gasteiger charge is 2.32. The highest BCUT2D eigenvalue weighted by atomic mass is 19.1. The summed E-state index contributed by atoms with van der Waals surface area (Å²) in [5.74, 6) is -1.13. The van der Waals surface area contributed by atoms with Crippen LogP contribution < -0.4 is 10.2 Å². The van der Waals surface area contributed by atoms with Gasteiger partial charge in [-0.1, -0.05) is 0 Å². The molecule has 32 heavy (non-hydrogen) atoms. The van der Waals surface area contributed by atoms with Crippen molar-refractivity contribution >= 4 is 23.7 Å². The minimum Gasteiger partial charge on any atom is -0.458 e. The van der Waals surface area contributed by atoms with Crippen LogP contribution in [0.15, 0.2) is 36.5 Å². The molecule has 1 aromatic heterocycles. The first-order valence-electron chi connectivity index (χ1n) is 10.0. The average molecular weight is 444 g/mol. The predicted molar refractivity (Wildman–Crippen MR) is 114 cm³/mol. The zero-order chi connectivity index (χ0) is 23.3. The van der Waals surface area contributed by atoms with Crippen LogP contribution in [0.2, 0.25) is 0 Å². The van der Waals surface area contributed by atoms with E-state index in [1.165, 1.54) is 24.1 Å². The van der Waals surface area contributed by atoms with Crippen LogP contribution in [0.4, 0.5) is 14.9 Å². The minimum atomic E-state index is -0.599. The molecule has 1 saturated heterocycles. The summed E-state index contributed by atoms with van der Waals surface area (Å²) >= 11 is 0. The molecule has 0 spiro atoms. The Balaban J connectivity index is 1.70. The highest BCUT2D eigenvalue weighted by Crippen LogP contribution is 2.29. The summed E-state index contributed by atoms with van der Waals surface area (Å²) in [7, 11) is 3.52. The third-order valence-corrected chi connectivity index (χ3v) is 4.67. The third kappa shape index (κ3) is 6.01. The fourth-order valence-corrected chi connectivity index (χ4v) is 3.19. The largest absolute Gasteiger partial charge is 0.458 e. The van der Waals surface area contributed by atoms with Gasteiger partial charge in [-0.2, -0.15) is 0 Å². The molecule has 0 radical (unpaired) electrons. The Morgan fingerprint density at radius 1 is 1.31 bits per heavy atom. The van der Waals surface area contributed by atoms with Crippen LogP contribution in [0.25, 0.3) is 11.1 Å². The first-order valence-corrected chi connectivity index (χ1v) is 10.0. The van der Waals surface area contributed by atoms with Crippen molar-refractivity contribution < 1.29 is 28.2 Å². The van der Waals surface area contributed by atoms with Crippen LogP contribution in [-0.2, 0) is 25.7 Å². The number of anilines is 1. The Morgan fingerprint density at radius 2 is 2.09 bits per heavy atom. The zero-order valence-electron chi connectivity index (χ0n) is 18.1. The van der Waals surface area contributed by atoms with E-state index in [1.807, 2.05) is 0 Å². The molecule has 0 unspecified atom stereocenters. The number of carbonyl (C=O) groups excluding carboxylic acids is 3. The maximum Gasteiger partial charge on any atom is 0.414 e. The van der Waals surface area contributed by atoms with E-state index in [0.29, 0.717) is 22.5 Å². The lowest BCUT2D eigenvalue weighted by molar-refractivity contribution is -0.145. The molecule has 10 heteroatoms. The monoisotopic (exact) mass is 444 g/mol. The summed E-state index contributed by atoms with van der Waals surface area (Å²) in [6.45, 7) is 1.91. The summed E-state index contributed by atoms with van der Waals surface area (Å²) in [6, 6.07) is 7.74. The predicted octanol–water partition coefficient (Wildman–Crippen LogP) is 1.95. The summed E-state index contributed by atoms with van der Waals surface area (Å²) in [5, 5.41) is 2.60. The van der Waals surface area contributed by atoms with Crippen molar-refractivity contribution in [3.8, 4) is 11.1 Å². The number of nitrogens with one attached hydrogen (secondary N) is 1. The molecule has 1 aliphatic heterocycles. The second-order valence-electron chi connectivity index (χ2n) is 7.65. The Morgan fingerprint density at radius 3 is 2.78 bits per heavy atom. The van der Waals surface area contributed by atoms with Crippen molar-refractivity contribution in [1.82, 2.24) is 15.2 Å². The van der Waals surface area contributed by atoms with E-state index in [1.54, 1.807) is 43.3 Å². The molecule has 2 heterocycles. The van der Waals surface area contributed by atoms with Gasteiger partial charge in [0, 0.05) is 18.7 Å². The number of hydrogen-bond donors (Lipinski definition) is 1. The quantitative estimate of drug-likeness (QED) is 0.621. The van der Waals surface area contributed by atoms with Gasteiger partial charge in [0.25, 0.3) is 0 Å². The molecule has 1 aromatic carbocycles. The fraction of sp³-hybridized carbons (Fsp3) is 0.364. The maximum atomic E-state index is 14.9. The number of nitrogens with zero attached hydrogens (tertiary/aromatic N) is 3. The molecular weight excluding hydrogens is 419 g/mol. The van der Waals surface area contributed by atoms with Crippen molar-refractivity contribution in [2.75, 3.05) is 38.6 Å². The van der Waals surface area contributed by atoms with Crippen molar-refractivity contribution in [1.29, 1.82) is 0 Å². The van der Waals surface area contributed by atoms with Gasteiger partial charge in [0.15, 0.2) is 0 Å². The first-order chi connectivity index (χ1) is 15.2. The molecule has 1 N–H and O–H groups in total. The van der Waals surface area contributed by atoms with Crippen molar-refractivity contribution in [2.24, 2.45) is 0 Å². The van der Waals surface area contributed by atoms with Gasteiger partial charge in [0.05, 0.1) is 31.0 Å². The summed E-state index contributed by atoms with van der Waals surface area (Å²) in [5.41, 5.74) is 1.73. The summed E-state index contributed by atoms with van der Waals surface area (Å²) < 4.78 is 25.3. The highest BCUT2D eigenvalue weighted by molar-refractivity contribution is 5.90. The number of carbonyl (C=O) groups is 3. The van der Waals surface area contributed by atoms with Gasteiger partial charge in [0.1, 0.15) is 18.5 Å². The van der Waals surface area contributed by atoms with Crippen LogP contribution in [-0.4, -0.2) is 67.7 Å². The average Bonchev–Trinajstić information content (AvgIpc) is 3.11. The van der Waals surface area contributed by atoms with Crippen molar-refractivity contribution in [3.63, 3.8) is 0 Å². The number of rotatable bonds is 8. The number of aromatic nitrogens is 1. The molecule has 0 bridgehead atoms. The molecule has 1 aliphatic rings. The zero-order valence-corrected chi connectivity index (χ0v) is 18.1. The third-order valence-electron chi connectivity index (χ3n) is 4.67. The Hall–Kier alpha value is -3.53. The summed E-state index contributed by atoms with van der Waals surface area (Å²) in [6.07, 6.45) is 0.410. The van der Waals surface area contributed by atoms with Gasteiger partial charge in [-0.05, 0) is 50.0 Å². The van der Waals surface area contributed by atoms with Crippen LogP contribution in [0.1, 0.15) is 12.6 Å². The molecule has 3 rings (SSSR count). The first kappa shape index (κ1) is 23.1. The normalized spacial score (nSPS) is 15.6. The Labute approximate surface area is 185 Å². The molecule has 1 atom stereocenters. The molecule has 9 nitrogen and oxygen atoms in total. The van der Waals surface area contributed by atoms with Gasteiger partial charge in [-0.3, -0.25) is 24.4 Å². The number of esters is 1. The smallest absolute Gasteiger partial charge is 0.414 e. The number of halogens is 1. The lowest BCUT2D eigenvalue weighted by Crippen LogP contribution is -2.33. The molecule has 1 fully saturated rings. The van der Waals surface area contributed by atoms with E-state index in [2.05, 4.69) is 10.3 Å². The number of benzene rings is 1. The van der Waals surface area contributed by atoms with Crippen LogP contribution in [0, 0.1) is 5.82 Å². The number of ether oxygens (including phenoxy) is 2. The van der Waals surface area contributed by atoms with Gasteiger partial charge < -0.3 is 14.8 Å². The van der Waals surface area contributed by atoms with Crippen LogP contribution in [0.5, 0.6) is 0 Å². The van der Waals surface area contributed by atoms with Crippen molar-refractivity contribution in [3.05, 3.63) is 48.0 Å². The van der Waals surface area contributed by atoms with E-state index in [0.717, 1.165) is 0 Å². The second-order valence-corrected chi connectivity index (χ2v) is 7.65. The van der Waals surface area contributed by atoms with E-state index in [9.17, 15) is 18.8 Å². The SMILES string of the molecule is CC(=O)NC[C@H]1CN(c2ccc(-c3ccnc(COC(=O)CN(C)C)c3)c(F)c2)C(=O)O1. The minimum absolute atomic E-state index is 0.0183. The number of likely N-dealkylation sites (N-methyl/N-ethyl adjacent to an activating group) is 1. The van der Waals surface area contributed by atoms with Crippen molar-refractivity contribution in [2.45, 2.75) is 19.6 Å². The van der Waals surface area contributed by atoms with Gasteiger partial charge in [-0.25, -0.2) is 9.18 Å². The lowest BCUT2D eigenvalue weighted by atomic mass is 10.0. The van der Waals surface area contributed by atoms with Gasteiger partial charge in [0.2, 0.25) is 5.91 Å². The van der Waals surface area contributed by atoms with Crippen LogP contribution in [0.3, 0.4) is 0 Å². The van der Waals surface area contributed by atoms with Crippen LogP contribution >= 0.6 is 0 Å². The number of hydrogen-bond acceptors (Lipinski definition) is 7. The number of amides is 2. The maximum absolute atomic E-state index is 14.9. The Kier molecular flexibility index (Phi) is 7.37.